The summed E-state index contributed by atoms with van der Waals surface area (Å²) in [5, 5.41) is 22.3. The number of aromatic nitrogens is 3. The van der Waals surface area contributed by atoms with Crippen molar-refractivity contribution in [3.8, 4) is 28.1 Å². The van der Waals surface area contributed by atoms with Gasteiger partial charge in [0.15, 0.2) is 0 Å². The molecule has 4 atom stereocenters. The van der Waals surface area contributed by atoms with Gasteiger partial charge in [-0.2, -0.15) is 0 Å². The second-order valence-electron chi connectivity index (χ2n) is 19.2. The Morgan fingerprint density at radius 3 is 2.56 bits per heavy atom. The number of hydrogen-bond donors (Lipinski definition) is 5. The Morgan fingerprint density at radius 2 is 1.85 bits per heavy atom. The maximum absolute atomic E-state index is 14.7. The minimum absolute atomic E-state index is 0.0242. The van der Waals surface area contributed by atoms with Gasteiger partial charge in [-0.1, -0.05) is 39.8 Å². The first kappa shape index (κ1) is 47.8. The maximum Gasteiger partial charge on any atom is 0.324 e. The number of phenolic OH excluding ortho intramolecular Hbond substituents is 1. The predicted octanol–water partition coefficient (Wildman–Crippen LogP) is 4.99. The second-order valence-corrected chi connectivity index (χ2v) is 19.2. The van der Waals surface area contributed by atoms with Crippen molar-refractivity contribution in [2.45, 2.75) is 97.6 Å². The number of carbonyl (C=O) groups is 5. The van der Waals surface area contributed by atoms with Crippen molar-refractivity contribution in [3.05, 3.63) is 95.6 Å². The van der Waals surface area contributed by atoms with E-state index in [9.17, 15) is 29.1 Å². The number of esters is 1. The fourth-order valence-corrected chi connectivity index (χ4v) is 9.49. The summed E-state index contributed by atoms with van der Waals surface area (Å²) < 4.78 is 14.0. The molecule has 3 aromatic heterocycles. The summed E-state index contributed by atoms with van der Waals surface area (Å²) in [6, 6.07) is 13.1. The zero-order valence-corrected chi connectivity index (χ0v) is 39.7. The average molecular weight is 928 g/mol. The van der Waals surface area contributed by atoms with E-state index in [2.05, 4.69) is 68.8 Å². The summed E-state index contributed by atoms with van der Waals surface area (Å²) in [6.07, 6.45) is 6.45. The van der Waals surface area contributed by atoms with Gasteiger partial charge in [-0.05, 0) is 102 Å². The largest absolute Gasteiger partial charge is 0.508 e. The van der Waals surface area contributed by atoms with Crippen LogP contribution in [0.4, 0.5) is 5.69 Å². The first-order valence-corrected chi connectivity index (χ1v) is 23.3. The van der Waals surface area contributed by atoms with Crippen molar-refractivity contribution in [1.82, 2.24) is 40.5 Å². The van der Waals surface area contributed by atoms with E-state index in [-0.39, 0.29) is 43.0 Å². The highest BCUT2D eigenvalue weighted by Gasteiger charge is 2.38. The summed E-state index contributed by atoms with van der Waals surface area (Å²) >= 11 is 0. The fourth-order valence-electron chi connectivity index (χ4n) is 9.49. The van der Waals surface area contributed by atoms with E-state index in [0.29, 0.717) is 55.8 Å². The second kappa shape index (κ2) is 19.9. The Morgan fingerprint density at radius 1 is 1.06 bits per heavy atom. The van der Waals surface area contributed by atoms with Crippen LogP contribution in [0, 0.1) is 11.3 Å². The SMILES string of the molecule is CCn1c(-c2cnccc2COC)c2c3cc(ccc31)-c1cc(O)cc(c1)C[C@H](NC(=O)[C@H](C(C)C)N(C)C(=O)c1ccc(NC(=O)[C@H]3CN3)cn1)C(=O)N1CCC[C@H](N1)C(=O)OCC(C)(C)C2. The summed E-state index contributed by atoms with van der Waals surface area (Å²) in [5.74, 6) is -2.73. The molecule has 358 valence electrons. The Kier molecular flexibility index (Phi) is 14.0. The number of methoxy groups -OCH3 is 1. The molecule has 6 bridgehead atoms. The number of phenols is 1. The third-order valence-corrected chi connectivity index (χ3v) is 12.9. The number of carbonyl (C=O) groups excluding carboxylic acids is 5. The smallest absolute Gasteiger partial charge is 0.324 e. The lowest BCUT2D eigenvalue weighted by molar-refractivity contribution is -0.155. The van der Waals surface area contributed by atoms with Gasteiger partial charge in [0, 0.05) is 74.5 Å². The highest BCUT2D eigenvalue weighted by Crippen LogP contribution is 2.41. The van der Waals surface area contributed by atoms with Crippen LogP contribution in [-0.4, -0.2) is 117 Å². The molecule has 0 aliphatic carbocycles. The van der Waals surface area contributed by atoms with Crippen molar-refractivity contribution < 1.29 is 38.6 Å². The molecule has 6 heterocycles. The van der Waals surface area contributed by atoms with Crippen molar-refractivity contribution in [2.24, 2.45) is 11.3 Å². The number of nitrogens with zero attached hydrogens (tertiary/aromatic N) is 5. The number of hydrazine groups is 1. The van der Waals surface area contributed by atoms with E-state index >= 15 is 0 Å². The van der Waals surface area contributed by atoms with Crippen LogP contribution in [0.2, 0.25) is 0 Å². The lowest BCUT2D eigenvalue weighted by atomic mass is 9.84. The predicted molar refractivity (Wildman–Crippen MR) is 256 cm³/mol. The molecule has 68 heavy (non-hydrogen) atoms. The summed E-state index contributed by atoms with van der Waals surface area (Å²) in [5.41, 5.74) is 10.1. The number of hydrogen-bond acceptors (Lipinski definition) is 12. The van der Waals surface area contributed by atoms with Gasteiger partial charge in [0.2, 0.25) is 11.8 Å². The molecule has 0 saturated carbocycles. The lowest BCUT2D eigenvalue weighted by Gasteiger charge is -2.36. The molecule has 0 radical (unpaired) electrons. The Labute approximate surface area is 395 Å². The molecule has 0 unspecified atom stereocenters. The Bertz CT molecular complexity index is 2730. The number of likely N-dealkylation sites (N-methyl/N-ethyl adjacent to an activating group) is 1. The molecule has 5 N–H and O–H groups in total. The van der Waals surface area contributed by atoms with E-state index in [0.717, 1.165) is 38.9 Å². The molecular formula is C51H61N9O8. The van der Waals surface area contributed by atoms with Crippen molar-refractivity contribution in [1.29, 1.82) is 0 Å². The minimum Gasteiger partial charge on any atom is -0.508 e. The first-order valence-electron chi connectivity index (χ1n) is 23.3. The fraction of sp³-hybridized carbons (Fsp3) is 0.431. The number of aromatic hydroxyl groups is 1. The maximum atomic E-state index is 14.7. The first-order chi connectivity index (χ1) is 32.5. The van der Waals surface area contributed by atoms with E-state index in [1.807, 2.05) is 24.4 Å². The molecule has 3 aliphatic rings. The van der Waals surface area contributed by atoms with Crippen molar-refractivity contribution in [3.63, 3.8) is 0 Å². The molecule has 17 heteroatoms. The quantitative estimate of drug-likeness (QED) is 0.0874. The number of ether oxygens (including phenoxy) is 2. The molecule has 17 nitrogen and oxygen atoms in total. The van der Waals surface area contributed by atoms with E-state index < -0.39 is 53.1 Å². The van der Waals surface area contributed by atoms with Gasteiger partial charge in [0.1, 0.15) is 29.6 Å². The monoisotopic (exact) mass is 927 g/mol. The molecule has 2 fully saturated rings. The zero-order chi connectivity index (χ0) is 48.4. The number of rotatable bonds is 11. The standard InChI is InChI=1S/C51H61N9O8/c1-8-59-43-14-11-31-22-36(43)37(45(59)38-25-52-16-15-32(38)27-67-7)23-51(4,5)28-68-50(66)40-10-9-17-60(57-40)49(65)41(20-30-18-33(31)21-35(61)19-30)56-47(63)44(29(2)3)58(6)48(64)39-13-12-34(24-53-39)55-46(62)42-26-54-42/h11-16,18-19,21-22,24-25,29,40-42,44,54,57,61H,8-10,17,20,23,26-28H2,1-7H3,(H,55,62)(H,56,63)/t40-,41-,42+,44-/m0/s1. The van der Waals surface area contributed by atoms with Gasteiger partial charge in [0.05, 0.1) is 36.8 Å². The Hall–Kier alpha value is -6.69. The summed E-state index contributed by atoms with van der Waals surface area (Å²) in [4.78, 5) is 79.4. The average Bonchev–Trinajstić information content (AvgIpc) is 4.13. The molecular weight excluding hydrogens is 867 g/mol. The number of cyclic esters (lactones) is 1. The number of benzene rings is 2. The van der Waals surface area contributed by atoms with Crippen LogP contribution in [-0.2, 0) is 54.6 Å². The van der Waals surface area contributed by atoms with E-state index in [4.69, 9.17) is 9.47 Å². The van der Waals surface area contributed by atoms with Crippen LogP contribution in [0.5, 0.6) is 5.75 Å². The normalized spacial score (nSPS) is 19.8. The number of amides is 4. The molecule has 2 saturated heterocycles. The van der Waals surface area contributed by atoms with Crippen LogP contribution >= 0.6 is 0 Å². The number of aryl methyl sites for hydroxylation is 1. The highest BCUT2D eigenvalue weighted by molar-refractivity contribution is 5.99. The molecule has 2 aromatic carbocycles. The van der Waals surface area contributed by atoms with Gasteiger partial charge in [0.25, 0.3) is 11.8 Å². The number of fused-ring (bicyclic) bond motifs is 6. The van der Waals surface area contributed by atoms with E-state index in [1.54, 1.807) is 45.4 Å². The third kappa shape index (κ3) is 10.2. The topological polar surface area (TPSA) is 219 Å². The van der Waals surface area contributed by atoms with Crippen molar-refractivity contribution >= 4 is 46.2 Å². The van der Waals surface area contributed by atoms with Crippen LogP contribution in [0.3, 0.4) is 0 Å². The van der Waals surface area contributed by atoms with Gasteiger partial charge in [-0.15, -0.1) is 0 Å². The number of pyridine rings is 2. The van der Waals surface area contributed by atoms with Crippen LogP contribution in [0.25, 0.3) is 33.3 Å². The zero-order valence-electron chi connectivity index (χ0n) is 39.7. The van der Waals surface area contributed by atoms with Crippen LogP contribution < -0.4 is 21.4 Å². The highest BCUT2D eigenvalue weighted by atomic mass is 16.5. The summed E-state index contributed by atoms with van der Waals surface area (Å²) in [7, 11) is 3.18. The molecule has 8 rings (SSSR count). The number of anilines is 1. The number of nitrogens with one attached hydrogen (secondary N) is 4. The van der Waals surface area contributed by atoms with Crippen LogP contribution in [0.15, 0.2) is 73.2 Å². The van der Waals surface area contributed by atoms with E-state index in [1.165, 1.54) is 29.2 Å². The third-order valence-electron chi connectivity index (χ3n) is 12.9. The Balaban J connectivity index is 1.17. The van der Waals surface area contributed by atoms with Crippen LogP contribution in [0.1, 0.15) is 74.6 Å². The van der Waals surface area contributed by atoms with Gasteiger partial charge < -0.3 is 40.0 Å². The molecule has 5 aromatic rings. The lowest BCUT2D eigenvalue weighted by Crippen LogP contribution is -2.62. The van der Waals surface area contributed by atoms with Gasteiger partial charge >= 0.3 is 5.97 Å². The molecule has 0 spiro atoms. The van der Waals surface area contributed by atoms with Gasteiger partial charge in [-0.3, -0.25) is 34.0 Å². The molecule has 3 aliphatic heterocycles. The molecule has 4 amide bonds. The van der Waals surface area contributed by atoms with Crippen molar-refractivity contribution in [2.75, 3.05) is 39.2 Å². The summed E-state index contributed by atoms with van der Waals surface area (Å²) in [6.45, 7) is 11.8. The minimum atomic E-state index is -1.19. The van der Waals surface area contributed by atoms with Gasteiger partial charge in [-0.25, -0.2) is 10.4 Å².